The number of amides is 1. The van der Waals surface area contributed by atoms with Crippen molar-refractivity contribution in [2.24, 2.45) is 11.0 Å². The minimum absolute atomic E-state index is 0.256. The Kier molecular flexibility index (Phi) is 8.38. The SMILES string of the molecule is Cc1ccc(S(=O)(=O)N2CCC(C(=O)N/N=C/c3ccc(OC(=O)c4ccccc4Cl)cc3)CC2)cc1. The normalized spacial score (nSPS) is 15.0. The second kappa shape index (κ2) is 11.7. The zero-order valence-corrected chi connectivity index (χ0v) is 21.7. The lowest BCUT2D eigenvalue weighted by Crippen LogP contribution is -2.42. The third-order valence-electron chi connectivity index (χ3n) is 6.06. The van der Waals surface area contributed by atoms with Crippen molar-refractivity contribution in [3.05, 3.63) is 94.5 Å². The monoisotopic (exact) mass is 539 g/mol. The minimum atomic E-state index is -3.58. The predicted molar refractivity (Wildman–Crippen MR) is 141 cm³/mol. The highest BCUT2D eigenvalue weighted by molar-refractivity contribution is 7.89. The lowest BCUT2D eigenvalue weighted by atomic mass is 9.98. The van der Waals surface area contributed by atoms with Gasteiger partial charge in [-0.1, -0.05) is 41.4 Å². The van der Waals surface area contributed by atoms with E-state index >= 15 is 0 Å². The Balaban J connectivity index is 1.26. The molecule has 10 heteroatoms. The number of halogens is 1. The molecule has 0 unspecified atom stereocenters. The second-order valence-corrected chi connectivity index (χ2v) is 11.0. The van der Waals surface area contributed by atoms with Crippen molar-refractivity contribution in [1.82, 2.24) is 9.73 Å². The fourth-order valence-corrected chi connectivity index (χ4v) is 5.57. The third kappa shape index (κ3) is 6.62. The number of hydrogen-bond acceptors (Lipinski definition) is 6. The first-order valence-corrected chi connectivity index (χ1v) is 13.5. The number of esters is 1. The molecule has 0 radical (unpaired) electrons. The molecule has 0 aromatic heterocycles. The van der Waals surface area contributed by atoms with Gasteiger partial charge < -0.3 is 4.74 Å². The van der Waals surface area contributed by atoms with Crippen molar-refractivity contribution < 1.29 is 22.7 Å². The number of nitrogens with zero attached hydrogens (tertiary/aromatic N) is 2. The van der Waals surface area contributed by atoms with E-state index in [1.807, 2.05) is 6.92 Å². The molecule has 1 amide bonds. The summed E-state index contributed by atoms with van der Waals surface area (Å²) in [5.41, 5.74) is 4.48. The number of sulfonamides is 1. The van der Waals surface area contributed by atoms with Gasteiger partial charge in [-0.15, -0.1) is 0 Å². The number of carbonyl (C=O) groups excluding carboxylic acids is 2. The zero-order valence-electron chi connectivity index (χ0n) is 20.1. The number of benzene rings is 3. The van der Waals surface area contributed by atoms with E-state index in [-0.39, 0.29) is 35.4 Å². The van der Waals surface area contributed by atoms with Gasteiger partial charge in [0.25, 0.3) is 0 Å². The van der Waals surface area contributed by atoms with Gasteiger partial charge in [0.15, 0.2) is 0 Å². The molecule has 8 nitrogen and oxygen atoms in total. The Hall–Kier alpha value is -3.53. The molecule has 37 heavy (non-hydrogen) atoms. The molecule has 1 aliphatic rings. The van der Waals surface area contributed by atoms with Gasteiger partial charge in [-0.3, -0.25) is 4.79 Å². The Bertz CT molecular complexity index is 1400. The van der Waals surface area contributed by atoms with Gasteiger partial charge in [0, 0.05) is 19.0 Å². The first kappa shape index (κ1) is 26.5. The molecule has 0 bridgehead atoms. The molecule has 192 valence electrons. The Morgan fingerprint density at radius 3 is 2.30 bits per heavy atom. The van der Waals surface area contributed by atoms with Gasteiger partial charge in [0.1, 0.15) is 5.75 Å². The summed E-state index contributed by atoms with van der Waals surface area (Å²) in [6, 6.07) is 20.0. The summed E-state index contributed by atoms with van der Waals surface area (Å²) in [6.07, 6.45) is 2.31. The summed E-state index contributed by atoms with van der Waals surface area (Å²) in [4.78, 5) is 25.0. The molecule has 3 aromatic rings. The molecule has 1 aliphatic heterocycles. The Labute approximate surface area is 221 Å². The second-order valence-electron chi connectivity index (χ2n) is 8.66. The van der Waals surface area contributed by atoms with Crippen molar-refractivity contribution in [1.29, 1.82) is 0 Å². The van der Waals surface area contributed by atoms with Crippen LogP contribution in [0.1, 0.15) is 34.3 Å². The molecule has 1 saturated heterocycles. The fourth-order valence-electron chi connectivity index (χ4n) is 3.89. The van der Waals surface area contributed by atoms with Gasteiger partial charge >= 0.3 is 5.97 Å². The van der Waals surface area contributed by atoms with Gasteiger partial charge in [-0.2, -0.15) is 9.41 Å². The minimum Gasteiger partial charge on any atom is -0.423 e. The van der Waals surface area contributed by atoms with Crippen molar-refractivity contribution >= 4 is 39.7 Å². The summed E-state index contributed by atoms with van der Waals surface area (Å²) in [5, 5.41) is 4.32. The highest BCUT2D eigenvalue weighted by atomic mass is 35.5. The average Bonchev–Trinajstić information content (AvgIpc) is 2.90. The number of carbonyl (C=O) groups is 2. The van der Waals surface area contributed by atoms with Gasteiger partial charge in [0.2, 0.25) is 15.9 Å². The van der Waals surface area contributed by atoms with Crippen LogP contribution in [0.3, 0.4) is 0 Å². The summed E-state index contributed by atoms with van der Waals surface area (Å²) in [7, 11) is -3.58. The molecule has 1 heterocycles. The van der Waals surface area contributed by atoms with Crippen molar-refractivity contribution in [2.45, 2.75) is 24.7 Å². The van der Waals surface area contributed by atoms with Crippen molar-refractivity contribution in [2.75, 3.05) is 13.1 Å². The van der Waals surface area contributed by atoms with E-state index in [9.17, 15) is 18.0 Å². The van der Waals surface area contributed by atoms with Crippen LogP contribution < -0.4 is 10.2 Å². The van der Waals surface area contributed by atoms with Gasteiger partial charge in [0.05, 0.1) is 21.7 Å². The predicted octanol–water partition coefficient (Wildman–Crippen LogP) is 4.42. The van der Waals surface area contributed by atoms with E-state index in [4.69, 9.17) is 16.3 Å². The summed E-state index contributed by atoms with van der Waals surface area (Å²) in [6.45, 7) is 2.44. The van der Waals surface area contributed by atoms with Crippen LogP contribution in [0.4, 0.5) is 0 Å². The smallest absolute Gasteiger partial charge is 0.345 e. The maximum absolute atomic E-state index is 12.8. The highest BCUT2D eigenvalue weighted by Crippen LogP contribution is 2.24. The molecule has 1 N–H and O–H groups in total. The molecular weight excluding hydrogens is 514 g/mol. The maximum Gasteiger partial charge on any atom is 0.345 e. The zero-order chi connectivity index (χ0) is 26.4. The summed E-state index contributed by atoms with van der Waals surface area (Å²) in [5.74, 6) is -0.794. The maximum atomic E-state index is 12.8. The van der Waals surface area contributed by atoms with E-state index in [1.54, 1.807) is 72.8 Å². The Morgan fingerprint density at radius 1 is 1.00 bits per heavy atom. The van der Waals surface area contributed by atoms with Crippen LogP contribution in [0, 0.1) is 12.8 Å². The van der Waals surface area contributed by atoms with Gasteiger partial charge in [-0.25, -0.2) is 18.6 Å². The van der Waals surface area contributed by atoms with Crippen LogP contribution in [0.2, 0.25) is 5.02 Å². The van der Waals surface area contributed by atoms with Crippen LogP contribution >= 0.6 is 11.6 Å². The lowest BCUT2D eigenvalue weighted by molar-refractivity contribution is -0.126. The Morgan fingerprint density at radius 2 is 1.65 bits per heavy atom. The van der Waals surface area contributed by atoms with Crippen LogP contribution in [0.15, 0.2) is 82.8 Å². The van der Waals surface area contributed by atoms with Crippen LogP contribution in [0.25, 0.3) is 0 Å². The molecule has 0 saturated carbocycles. The quantitative estimate of drug-likeness (QED) is 0.207. The van der Waals surface area contributed by atoms with Crippen LogP contribution in [0.5, 0.6) is 5.75 Å². The molecular formula is C27H26ClN3O5S. The number of nitrogens with one attached hydrogen (secondary N) is 1. The fraction of sp³-hybridized carbons (Fsp3) is 0.222. The number of aryl methyl sites for hydroxylation is 1. The van der Waals surface area contributed by atoms with E-state index < -0.39 is 16.0 Å². The molecule has 0 aliphatic carbocycles. The molecule has 4 rings (SSSR count). The van der Waals surface area contributed by atoms with Crippen LogP contribution in [-0.2, 0) is 14.8 Å². The number of hydrazone groups is 1. The van der Waals surface area contributed by atoms with Crippen molar-refractivity contribution in [3.63, 3.8) is 0 Å². The number of rotatable bonds is 7. The van der Waals surface area contributed by atoms with E-state index in [0.29, 0.717) is 29.2 Å². The van der Waals surface area contributed by atoms with Crippen LogP contribution in [-0.4, -0.2) is 43.9 Å². The summed E-state index contributed by atoms with van der Waals surface area (Å²) >= 11 is 6.02. The van der Waals surface area contributed by atoms with Crippen molar-refractivity contribution in [3.8, 4) is 5.75 Å². The average molecular weight is 540 g/mol. The van der Waals surface area contributed by atoms with Gasteiger partial charge in [-0.05, 0) is 73.9 Å². The largest absolute Gasteiger partial charge is 0.423 e. The third-order valence-corrected chi connectivity index (χ3v) is 8.30. The van der Waals surface area contributed by atoms with E-state index in [1.165, 1.54) is 10.5 Å². The lowest BCUT2D eigenvalue weighted by Gasteiger charge is -2.30. The first-order valence-electron chi connectivity index (χ1n) is 11.7. The van der Waals surface area contributed by atoms with E-state index in [0.717, 1.165) is 5.56 Å². The topological polar surface area (TPSA) is 105 Å². The molecule has 0 spiro atoms. The number of ether oxygens (including phenoxy) is 1. The first-order chi connectivity index (χ1) is 17.7. The number of hydrogen-bond donors (Lipinski definition) is 1. The number of piperidine rings is 1. The van der Waals surface area contributed by atoms with E-state index in [2.05, 4.69) is 10.5 Å². The summed E-state index contributed by atoms with van der Waals surface area (Å²) < 4.78 is 32.4. The standard InChI is InChI=1S/C27H26ClN3O5S/c1-19-6-12-23(13-7-19)37(34,35)31-16-14-21(15-17-31)26(32)30-29-18-20-8-10-22(11-9-20)36-27(33)24-4-2-3-5-25(24)28/h2-13,18,21H,14-17H2,1H3,(H,30,32)/b29-18+. The molecule has 0 atom stereocenters. The molecule has 1 fully saturated rings. The highest BCUT2D eigenvalue weighted by Gasteiger charge is 2.32. The molecule has 3 aromatic carbocycles.